The molecular formula is C52H91NO2. The lowest BCUT2D eigenvalue weighted by Crippen LogP contribution is -2.37. The standard InChI is InChI=1S/C32H37N.C7H16O2.C3H8.5C2H6/c1-5-8-12-19-29(7-3)26-25-28(4)33(32-23-15-11-16-24-32)27-17-22-30(18-6-2)31-20-13-9-10-14-21-31;1-6(8-4)7(2,3)9-5;1-3-2;5*1-2/h5-6,8-18,20,22-27,29H,1,4,7,19,21H2,2-3H3;6H,1-5H3;3H2,1-2H3;5*1-2H3/b12-8-,18-6-,26-25-,27-17+,30-22+;;;;;;;. The fourth-order valence-electron chi connectivity index (χ4n) is 3.92. The molecule has 0 fully saturated rings. The van der Waals surface area contributed by atoms with Crippen molar-refractivity contribution in [3.63, 3.8) is 0 Å². The van der Waals surface area contributed by atoms with E-state index in [2.05, 4.69) is 149 Å². The van der Waals surface area contributed by atoms with Gasteiger partial charge in [0.25, 0.3) is 0 Å². The van der Waals surface area contributed by atoms with E-state index >= 15 is 0 Å². The summed E-state index contributed by atoms with van der Waals surface area (Å²) >= 11 is 0. The lowest BCUT2D eigenvalue weighted by atomic mass is 10.0. The van der Waals surface area contributed by atoms with Crippen LogP contribution in [0.4, 0.5) is 5.69 Å². The van der Waals surface area contributed by atoms with Crippen LogP contribution in [-0.2, 0) is 9.47 Å². The van der Waals surface area contributed by atoms with E-state index in [1.165, 1.54) is 17.6 Å². The predicted octanol–water partition coefficient (Wildman–Crippen LogP) is 17.2. The number of hydrogen-bond acceptors (Lipinski definition) is 3. The molecule has 1 aromatic carbocycles. The molecule has 0 aromatic heterocycles. The molecule has 0 N–H and O–H groups in total. The second kappa shape index (κ2) is 50.3. The summed E-state index contributed by atoms with van der Waals surface area (Å²) in [6, 6.07) is 10.4. The summed E-state index contributed by atoms with van der Waals surface area (Å²) in [6.45, 7) is 42.6. The molecule has 1 aliphatic rings. The van der Waals surface area contributed by atoms with E-state index < -0.39 is 0 Å². The maximum absolute atomic E-state index is 5.17. The maximum Gasteiger partial charge on any atom is 0.0880 e. The van der Waals surface area contributed by atoms with Crippen LogP contribution >= 0.6 is 0 Å². The zero-order valence-electron chi connectivity index (χ0n) is 39.7. The van der Waals surface area contributed by atoms with Gasteiger partial charge in [-0.2, -0.15) is 0 Å². The summed E-state index contributed by atoms with van der Waals surface area (Å²) in [5.41, 5.74) is 4.35. The van der Waals surface area contributed by atoms with E-state index in [4.69, 9.17) is 9.47 Å². The van der Waals surface area contributed by atoms with Gasteiger partial charge in [0.2, 0.25) is 0 Å². The molecule has 3 heteroatoms. The quantitative estimate of drug-likeness (QED) is 0.166. The molecule has 2 rings (SSSR count). The van der Waals surface area contributed by atoms with Crippen molar-refractivity contribution >= 4 is 5.69 Å². The largest absolute Gasteiger partial charge is 0.379 e. The van der Waals surface area contributed by atoms with Crippen molar-refractivity contribution in [2.24, 2.45) is 5.92 Å². The lowest BCUT2D eigenvalue weighted by Gasteiger charge is -2.28. The van der Waals surface area contributed by atoms with Crippen molar-refractivity contribution in [1.82, 2.24) is 0 Å². The van der Waals surface area contributed by atoms with Crippen molar-refractivity contribution < 1.29 is 9.47 Å². The lowest BCUT2D eigenvalue weighted by molar-refractivity contribution is -0.0858. The number of methoxy groups -OCH3 is 2. The maximum atomic E-state index is 5.17. The first-order valence-corrected chi connectivity index (χ1v) is 21.3. The minimum Gasteiger partial charge on any atom is -0.379 e. The van der Waals surface area contributed by atoms with Gasteiger partial charge in [-0.15, -0.1) is 0 Å². The third kappa shape index (κ3) is 35.8. The van der Waals surface area contributed by atoms with E-state index in [1.54, 1.807) is 14.2 Å². The molecule has 0 bridgehead atoms. The normalized spacial score (nSPS) is 12.7. The van der Waals surface area contributed by atoms with Gasteiger partial charge in [0.15, 0.2) is 0 Å². The number of allylic oxidation sites excluding steroid dienone is 16. The summed E-state index contributed by atoms with van der Waals surface area (Å²) in [5, 5.41) is 0. The topological polar surface area (TPSA) is 21.7 Å². The fraction of sp³-hybridized carbons (Fsp3) is 0.500. The average Bonchev–Trinajstić information content (AvgIpc) is 3.54. The van der Waals surface area contributed by atoms with E-state index in [9.17, 15) is 0 Å². The van der Waals surface area contributed by atoms with Crippen LogP contribution in [0.2, 0.25) is 0 Å². The van der Waals surface area contributed by atoms with Gasteiger partial charge >= 0.3 is 0 Å². The Kier molecular flexibility index (Phi) is 57.9. The molecule has 0 aliphatic heterocycles. The highest BCUT2D eigenvalue weighted by molar-refractivity contribution is 5.57. The first-order chi connectivity index (χ1) is 26.6. The van der Waals surface area contributed by atoms with Gasteiger partial charge in [-0.05, 0) is 88.3 Å². The van der Waals surface area contributed by atoms with Crippen LogP contribution in [0, 0.1) is 5.92 Å². The predicted molar refractivity (Wildman–Crippen MR) is 258 cm³/mol. The number of para-hydroxylation sites is 1. The molecule has 0 radical (unpaired) electrons. The average molecular weight is 762 g/mol. The zero-order chi connectivity index (χ0) is 43.9. The molecule has 2 unspecified atom stereocenters. The third-order valence-corrected chi connectivity index (χ3v) is 7.22. The van der Waals surface area contributed by atoms with Crippen LogP contribution in [0.1, 0.15) is 143 Å². The Morgan fingerprint density at radius 1 is 0.855 bits per heavy atom. The van der Waals surface area contributed by atoms with Crippen LogP contribution < -0.4 is 4.90 Å². The number of ether oxygens (including phenoxy) is 2. The Morgan fingerprint density at radius 3 is 1.87 bits per heavy atom. The Labute approximate surface area is 345 Å². The summed E-state index contributed by atoms with van der Waals surface area (Å²) in [6.07, 6.45) is 36.0. The molecule has 0 spiro atoms. The monoisotopic (exact) mass is 762 g/mol. The summed E-state index contributed by atoms with van der Waals surface area (Å²) in [7, 11) is 3.38. The van der Waals surface area contributed by atoms with Crippen LogP contribution in [0.3, 0.4) is 0 Å². The number of benzene rings is 1. The van der Waals surface area contributed by atoms with E-state index in [0.717, 1.165) is 30.6 Å². The van der Waals surface area contributed by atoms with Crippen LogP contribution in [0.15, 0.2) is 152 Å². The zero-order valence-corrected chi connectivity index (χ0v) is 39.7. The van der Waals surface area contributed by atoms with Crippen molar-refractivity contribution in [3.8, 4) is 0 Å². The van der Waals surface area contributed by atoms with Gasteiger partial charge in [0.1, 0.15) is 0 Å². The Hall–Kier alpha value is -3.66. The van der Waals surface area contributed by atoms with Gasteiger partial charge in [0, 0.05) is 31.8 Å². The molecule has 0 saturated carbocycles. The molecular weight excluding hydrogens is 671 g/mol. The summed E-state index contributed by atoms with van der Waals surface area (Å²) < 4.78 is 10.2. The smallest absolute Gasteiger partial charge is 0.0880 e. The van der Waals surface area contributed by atoms with Crippen molar-refractivity contribution in [2.45, 2.75) is 155 Å². The molecule has 55 heavy (non-hydrogen) atoms. The Bertz CT molecular complexity index is 1190. The molecule has 3 nitrogen and oxygen atoms in total. The Morgan fingerprint density at radius 2 is 1.42 bits per heavy atom. The highest BCUT2D eigenvalue weighted by Crippen LogP contribution is 2.23. The summed E-state index contributed by atoms with van der Waals surface area (Å²) in [4.78, 5) is 2.13. The second-order valence-electron chi connectivity index (χ2n) is 11.2. The highest BCUT2D eigenvalue weighted by Gasteiger charge is 2.24. The molecule has 316 valence electrons. The molecule has 0 heterocycles. The van der Waals surface area contributed by atoms with Gasteiger partial charge in [-0.25, -0.2) is 0 Å². The third-order valence-electron chi connectivity index (χ3n) is 7.22. The fourth-order valence-corrected chi connectivity index (χ4v) is 3.92. The first-order valence-electron chi connectivity index (χ1n) is 21.3. The second-order valence-corrected chi connectivity index (χ2v) is 11.2. The number of anilines is 1. The SMILES string of the molecule is C=C/C=C\CC(/C=C\C(=C)N(/C=C/C=C(\C=C/C)C1=CC=CC=CC1)c1ccccc1)CC.CC.CC.CC.CC.CC.CCC.COC(C)C(C)(C)OC. The van der Waals surface area contributed by atoms with Gasteiger partial charge in [-0.1, -0.05) is 201 Å². The van der Waals surface area contributed by atoms with E-state index in [0.29, 0.717) is 5.92 Å². The van der Waals surface area contributed by atoms with Crippen molar-refractivity contribution in [1.29, 1.82) is 0 Å². The van der Waals surface area contributed by atoms with E-state index in [-0.39, 0.29) is 11.7 Å². The van der Waals surface area contributed by atoms with Crippen molar-refractivity contribution in [2.75, 3.05) is 19.1 Å². The highest BCUT2D eigenvalue weighted by atomic mass is 16.5. The van der Waals surface area contributed by atoms with Crippen molar-refractivity contribution in [3.05, 3.63) is 152 Å². The van der Waals surface area contributed by atoms with Crippen LogP contribution in [-0.4, -0.2) is 25.9 Å². The van der Waals surface area contributed by atoms with E-state index in [1.807, 2.05) is 108 Å². The number of nitrogens with zero attached hydrogens (tertiary/aromatic N) is 1. The van der Waals surface area contributed by atoms with Crippen LogP contribution in [0.5, 0.6) is 0 Å². The molecule has 0 saturated heterocycles. The molecule has 0 amide bonds. The summed E-state index contributed by atoms with van der Waals surface area (Å²) in [5.74, 6) is 0.476. The minimum atomic E-state index is -0.172. The van der Waals surface area contributed by atoms with Gasteiger partial charge < -0.3 is 14.4 Å². The molecule has 1 aliphatic carbocycles. The van der Waals surface area contributed by atoms with Crippen LogP contribution in [0.25, 0.3) is 0 Å². The first kappa shape index (κ1) is 63.3. The molecule has 1 aromatic rings. The number of hydrogen-bond donors (Lipinski definition) is 0. The molecule has 2 atom stereocenters. The minimum absolute atomic E-state index is 0.141. The van der Waals surface area contributed by atoms with Gasteiger partial charge in [-0.3, -0.25) is 0 Å². The Balaban J connectivity index is -0.000000227. The number of rotatable bonds is 15. The van der Waals surface area contributed by atoms with Gasteiger partial charge in [0.05, 0.1) is 11.7 Å².